The van der Waals surface area contributed by atoms with Crippen LogP contribution in [0.3, 0.4) is 0 Å². The molecule has 0 saturated carbocycles. The zero-order valence-corrected chi connectivity index (χ0v) is 15.9. The third-order valence-electron chi connectivity index (χ3n) is 5.10. The van der Waals surface area contributed by atoms with Gasteiger partial charge in [0.2, 0.25) is 0 Å². The molecule has 2 aromatic carbocycles. The Hall–Kier alpha value is -3.14. The van der Waals surface area contributed by atoms with E-state index in [1.807, 2.05) is 44.2 Å². The third-order valence-corrected chi connectivity index (χ3v) is 5.10. The van der Waals surface area contributed by atoms with Gasteiger partial charge in [-0.15, -0.1) is 0 Å². The van der Waals surface area contributed by atoms with Crippen molar-refractivity contribution in [2.75, 3.05) is 10.2 Å². The van der Waals surface area contributed by atoms with Gasteiger partial charge in [0.15, 0.2) is 0 Å². The number of para-hydroxylation sites is 1. The molecule has 4 rings (SSSR count). The van der Waals surface area contributed by atoms with Gasteiger partial charge in [0.25, 0.3) is 5.91 Å². The molecule has 1 aromatic heterocycles. The van der Waals surface area contributed by atoms with Crippen LogP contribution in [0.25, 0.3) is 0 Å². The molecule has 0 saturated heterocycles. The van der Waals surface area contributed by atoms with Crippen LogP contribution in [-0.4, -0.2) is 16.9 Å². The van der Waals surface area contributed by atoms with E-state index in [4.69, 9.17) is 0 Å². The predicted molar refractivity (Wildman–Crippen MR) is 110 cm³/mol. The summed E-state index contributed by atoms with van der Waals surface area (Å²) in [5, 5.41) is 3.03. The molecule has 0 bridgehead atoms. The van der Waals surface area contributed by atoms with E-state index in [1.165, 1.54) is 11.3 Å². The van der Waals surface area contributed by atoms with Gasteiger partial charge in [0.1, 0.15) is 5.82 Å². The lowest BCUT2D eigenvalue weighted by Gasteiger charge is -2.24. The summed E-state index contributed by atoms with van der Waals surface area (Å²) in [5.41, 5.74) is 6.11. The first kappa shape index (κ1) is 17.3. The van der Waals surface area contributed by atoms with Gasteiger partial charge in [-0.2, -0.15) is 0 Å². The highest BCUT2D eigenvalue weighted by molar-refractivity contribution is 6.05. The normalized spacial score (nSPS) is 15.5. The quantitative estimate of drug-likeness (QED) is 0.715. The highest BCUT2D eigenvalue weighted by Crippen LogP contribution is 2.37. The molecule has 1 aliphatic rings. The summed E-state index contributed by atoms with van der Waals surface area (Å²) in [7, 11) is 0. The minimum atomic E-state index is -0.118. The number of fused-ring (bicyclic) bond motifs is 1. The number of aromatic nitrogens is 1. The second kappa shape index (κ2) is 6.88. The molecule has 1 unspecified atom stereocenters. The van der Waals surface area contributed by atoms with Crippen molar-refractivity contribution in [1.82, 2.24) is 4.98 Å². The van der Waals surface area contributed by atoms with E-state index in [0.29, 0.717) is 11.6 Å². The van der Waals surface area contributed by atoms with Gasteiger partial charge in [-0.3, -0.25) is 4.79 Å². The van der Waals surface area contributed by atoms with E-state index >= 15 is 0 Å². The van der Waals surface area contributed by atoms with Crippen LogP contribution < -0.4 is 10.2 Å². The summed E-state index contributed by atoms with van der Waals surface area (Å²) in [6.07, 6.45) is 2.69. The van der Waals surface area contributed by atoms with Crippen molar-refractivity contribution in [2.24, 2.45) is 0 Å². The fourth-order valence-electron chi connectivity index (χ4n) is 3.67. The van der Waals surface area contributed by atoms with Crippen molar-refractivity contribution >= 4 is 23.1 Å². The molecule has 3 aromatic rings. The Balaban J connectivity index is 1.63. The van der Waals surface area contributed by atoms with Crippen molar-refractivity contribution < 1.29 is 4.79 Å². The first-order valence-corrected chi connectivity index (χ1v) is 9.25. The maximum atomic E-state index is 12.8. The fourth-order valence-corrected chi connectivity index (χ4v) is 3.67. The maximum absolute atomic E-state index is 12.8. The van der Waals surface area contributed by atoms with Crippen LogP contribution in [0.4, 0.5) is 17.2 Å². The van der Waals surface area contributed by atoms with Crippen molar-refractivity contribution in [3.63, 3.8) is 0 Å². The second-order valence-corrected chi connectivity index (χ2v) is 7.23. The molecule has 0 fully saturated rings. The summed E-state index contributed by atoms with van der Waals surface area (Å²) in [5.74, 6) is 0.688. The minimum absolute atomic E-state index is 0.118. The topological polar surface area (TPSA) is 45.2 Å². The van der Waals surface area contributed by atoms with E-state index in [0.717, 1.165) is 29.1 Å². The molecule has 1 aliphatic heterocycles. The summed E-state index contributed by atoms with van der Waals surface area (Å²) >= 11 is 0. The largest absolute Gasteiger partial charge is 0.323 e. The number of anilines is 3. The summed E-state index contributed by atoms with van der Waals surface area (Å²) in [6, 6.07) is 18.4. The number of amides is 1. The Morgan fingerprint density at radius 1 is 1.11 bits per heavy atom. The van der Waals surface area contributed by atoms with E-state index in [2.05, 4.69) is 40.3 Å². The minimum Gasteiger partial charge on any atom is -0.323 e. The van der Waals surface area contributed by atoms with Gasteiger partial charge in [-0.05, 0) is 68.1 Å². The Morgan fingerprint density at radius 2 is 1.93 bits per heavy atom. The van der Waals surface area contributed by atoms with Gasteiger partial charge < -0.3 is 10.2 Å². The fraction of sp³-hybridized carbons (Fsp3) is 0.217. The molecule has 4 nitrogen and oxygen atoms in total. The Kier molecular flexibility index (Phi) is 4.40. The molecule has 0 spiro atoms. The number of benzene rings is 2. The van der Waals surface area contributed by atoms with Crippen LogP contribution in [0.1, 0.15) is 34.0 Å². The Bertz CT molecular complexity index is 1010. The maximum Gasteiger partial charge on any atom is 0.255 e. The van der Waals surface area contributed by atoms with Gasteiger partial charge in [-0.1, -0.05) is 30.3 Å². The molecule has 1 amide bonds. The standard InChI is InChI=1S/C23H23N3O/c1-15-8-9-16(2)20(12-15)25-23(27)19-10-11-24-22(14-19)26-17(3)13-18-6-4-5-7-21(18)26/h4-12,14,17H,13H2,1-3H3,(H,25,27). The number of rotatable bonds is 3. The van der Waals surface area contributed by atoms with Gasteiger partial charge in [0.05, 0.1) is 0 Å². The summed E-state index contributed by atoms with van der Waals surface area (Å²) in [4.78, 5) is 19.6. The molecule has 27 heavy (non-hydrogen) atoms. The van der Waals surface area contributed by atoms with E-state index < -0.39 is 0 Å². The molecule has 0 aliphatic carbocycles. The van der Waals surface area contributed by atoms with E-state index in [1.54, 1.807) is 12.3 Å². The monoisotopic (exact) mass is 357 g/mol. The Labute approximate surface area is 159 Å². The average Bonchev–Trinajstić information content (AvgIpc) is 3.00. The molecule has 4 heteroatoms. The SMILES string of the molecule is Cc1ccc(C)c(NC(=O)c2ccnc(N3c4ccccc4CC3C)c2)c1. The highest BCUT2D eigenvalue weighted by Gasteiger charge is 2.28. The van der Waals surface area contributed by atoms with Crippen molar-refractivity contribution in [3.05, 3.63) is 83.0 Å². The lowest BCUT2D eigenvalue weighted by atomic mass is 10.1. The van der Waals surface area contributed by atoms with Crippen LogP contribution in [0, 0.1) is 13.8 Å². The Morgan fingerprint density at radius 3 is 2.78 bits per heavy atom. The predicted octanol–water partition coefficient (Wildman–Crippen LogP) is 5.03. The summed E-state index contributed by atoms with van der Waals surface area (Å²) in [6.45, 7) is 6.20. The first-order valence-electron chi connectivity index (χ1n) is 9.25. The lowest BCUT2D eigenvalue weighted by Crippen LogP contribution is -2.25. The summed E-state index contributed by atoms with van der Waals surface area (Å²) < 4.78 is 0. The van der Waals surface area contributed by atoms with Crippen LogP contribution in [0.15, 0.2) is 60.8 Å². The number of pyridine rings is 1. The molecule has 136 valence electrons. The smallest absolute Gasteiger partial charge is 0.255 e. The van der Waals surface area contributed by atoms with Gasteiger partial charge >= 0.3 is 0 Å². The number of nitrogens with zero attached hydrogens (tertiary/aromatic N) is 2. The zero-order chi connectivity index (χ0) is 19.0. The second-order valence-electron chi connectivity index (χ2n) is 7.23. The number of hydrogen-bond donors (Lipinski definition) is 1. The van der Waals surface area contributed by atoms with Crippen molar-refractivity contribution in [2.45, 2.75) is 33.2 Å². The van der Waals surface area contributed by atoms with Crippen LogP contribution in [-0.2, 0) is 6.42 Å². The molecule has 2 heterocycles. The van der Waals surface area contributed by atoms with Gasteiger partial charge in [-0.25, -0.2) is 4.98 Å². The molecule has 1 atom stereocenters. The molecular weight excluding hydrogens is 334 g/mol. The number of carbonyl (C=O) groups is 1. The third kappa shape index (κ3) is 3.31. The van der Waals surface area contributed by atoms with Crippen molar-refractivity contribution in [3.8, 4) is 0 Å². The van der Waals surface area contributed by atoms with Crippen LogP contribution in [0.2, 0.25) is 0 Å². The first-order chi connectivity index (χ1) is 13.0. The number of nitrogens with one attached hydrogen (secondary N) is 1. The average molecular weight is 357 g/mol. The highest BCUT2D eigenvalue weighted by atomic mass is 16.1. The van der Waals surface area contributed by atoms with E-state index in [-0.39, 0.29) is 5.91 Å². The number of aryl methyl sites for hydroxylation is 2. The van der Waals surface area contributed by atoms with E-state index in [9.17, 15) is 4.79 Å². The zero-order valence-electron chi connectivity index (χ0n) is 15.9. The molecular formula is C23H23N3O. The molecule has 1 N–H and O–H groups in total. The van der Waals surface area contributed by atoms with Crippen molar-refractivity contribution in [1.29, 1.82) is 0 Å². The van der Waals surface area contributed by atoms with Crippen LogP contribution in [0.5, 0.6) is 0 Å². The number of hydrogen-bond acceptors (Lipinski definition) is 3. The van der Waals surface area contributed by atoms with Crippen LogP contribution >= 0.6 is 0 Å². The molecule has 0 radical (unpaired) electrons. The van der Waals surface area contributed by atoms with Gasteiger partial charge in [0, 0.05) is 29.2 Å². The number of carbonyl (C=O) groups excluding carboxylic acids is 1. The lowest BCUT2D eigenvalue weighted by molar-refractivity contribution is 0.102.